The van der Waals surface area contributed by atoms with Crippen LogP contribution in [0.3, 0.4) is 0 Å². The summed E-state index contributed by atoms with van der Waals surface area (Å²) in [7, 11) is 0. The molecule has 1 amide bonds. The van der Waals surface area contributed by atoms with Crippen molar-refractivity contribution in [2.45, 2.75) is 34.3 Å². The number of benzene rings is 2. The Morgan fingerprint density at radius 2 is 1.77 bits per heavy atom. The molecule has 0 spiro atoms. The lowest BCUT2D eigenvalue weighted by Crippen LogP contribution is -2.15. The zero-order valence-corrected chi connectivity index (χ0v) is 15.4. The van der Waals surface area contributed by atoms with Crippen molar-refractivity contribution >= 4 is 11.6 Å². The fraction of sp³-hybridized carbons (Fsp3) is 0.238. The Kier molecular flexibility index (Phi) is 5.07. The van der Waals surface area contributed by atoms with E-state index in [1.807, 2.05) is 63.2 Å². The first-order valence-corrected chi connectivity index (χ1v) is 8.48. The van der Waals surface area contributed by atoms with E-state index < -0.39 is 0 Å². The number of anilines is 1. The summed E-state index contributed by atoms with van der Waals surface area (Å²) in [4.78, 5) is 12.6. The molecule has 3 rings (SSSR count). The lowest BCUT2D eigenvalue weighted by atomic mass is 10.1. The van der Waals surface area contributed by atoms with Crippen LogP contribution in [0, 0.1) is 27.7 Å². The quantitative estimate of drug-likeness (QED) is 0.722. The van der Waals surface area contributed by atoms with Crippen LogP contribution < -0.4 is 10.1 Å². The molecule has 0 aliphatic carbocycles. The first-order chi connectivity index (χ1) is 12.5. The van der Waals surface area contributed by atoms with E-state index in [1.165, 1.54) is 0 Å². The van der Waals surface area contributed by atoms with Crippen molar-refractivity contribution in [3.8, 4) is 5.75 Å². The van der Waals surface area contributed by atoms with Crippen molar-refractivity contribution in [3.63, 3.8) is 0 Å². The Labute approximate surface area is 153 Å². The second-order valence-corrected chi connectivity index (χ2v) is 6.40. The van der Waals surface area contributed by atoms with Crippen LogP contribution in [0.25, 0.3) is 0 Å². The molecule has 0 saturated heterocycles. The summed E-state index contributed by atoms with van der Waals surface area (Å²) in [5.41, 5.74) is 4.78. The van der Waals surface area contributed by atoms with Gasteiger partial charge in [0, 0.05) is 5.69 Å². The fourth-order valence-corrected chi connectivity index (χ4v) is 2.82. The lowest BCUT2D eigenvalue weighted by molar-refractivity contribution is 0.101. The molecule has 0 saturated carbocycles. The van der Waals surface area contributed by atoms with Gasteiger partial charge in [0.25, 0.3) is 5.91 Å². The molecule has 5 heteroatoms. The van der Waals surface area contributed by atoms with E-state index in [0.29, 0.717) is 11.3 Å². The summed E-state index contributed by atoms with van der Waals surface area (Å²) < 4.78 is 11.2. The first-order valence-electron chi connectivity index (χ1n) is 8.48. The van der Waals surface area contributed by atoms with Gasteiger partial charge in [-0.25, -0.2) is 0 Å². The Morgan fingerprint density at radius 1 is 1.08 bits per heavy atom. The highest BCUT2D eigenvalue weighted by atomic mass is 16.5. The largest absolute Gasteiger partial charge is 0.488 e. The van der Waals surface area contributed by atoms with Crippen LogP contribution >= 0.6 is 0 Å². The van der Waals surface area contributed by atoms with Crippen molar-refractivity contribution < 1.29 is 14.1 Å². The molecule has 0 bridgehead atoms. The van der Waals surface area contributed by atoms with E-state index in [0.717, 1.165) is 28.1 Å². The van der Waals surface area contributed by atoms with E-state index in [4.69, 9.17) is 9.26 Å². The molecule has 1 aromatic heterocycles. The maximum absolute atomic E-state index is 12.6. The van der Waals surface area contributed by atoms with Gasteiger partial charge in [-0.3, -0.25) is 4.79 Å². The zero-order valence-electron chi connectivity index (χ0n) is 15.4. The average Bonchev–Trinajstić information content (AvgIpc) is 2.95. The summed E-state index contributed by atoms with van der Waals surface area (Å²) in [5.74, 6) is 1.08. The molecule has 0 unspecified atom stereocenters. The predicted octanol–water partition coefficient (Wildman–Crippen LogP) is 4.74. The molecular formula is C21H22N2O3. The van der Waals surface area contributed by atoms with Crippen molar-refractivity contribution in [2.75, 3.05) is 5.32 Å². The van der Waals surface area contributed by atoms with E-state index in [9.17, 15) is 4.79 Å². The second kappa shape index (κ2) is 7.44. The normalized spacial score (nSPS) is 10.6. The molecule has 5 nitrogen and oxygen atoms in total. The van der Waals surface area contributed by atoms with Crippen LogP contribution in [0.15, 0.2) is 47.0 Å². The van der Waals surface area contributed by atoms with Gasteiger partial charge < -0.3 is 14.6 Å². The number of rotatable bonds is 5. The Balaban J connectivity index is 1.79. The molecule has 26 heavy (non-hydrogen) atoms. The van der Waals surface area contributed by atoms with Crippen LogP contribution in [-0.4, -0.2) is 11.1 Å². The second-order valence-electron chi connectivity index (χ2n) is 6.40. The van der Waals surface area contributed by atoms with Gasteiger partial charge in [0.05, 0.1) is 5.56 Å². The number of amides is 1. The molecular weight excluding hydrogens is 328 g/mol. The first kappa shape index (κ1) is 17.7. The summed E-state index contributed by atoms with van der Waals surface area (Å²) in [6.07, 6.45) is 0. The highest BCUT2D eigenvalue weighted by Crippen LogP contribution is 2.25. The topological polar surface area (TPSA) is 64.4 Å². The minimum Gasteiger partial charge on any atom is -0.488 e. The third-order valence-corrected chi connectivity index (χ3v) is 4.25. The number of carbonyl (C=O) groups is 1. The van der Waals surface area contributed by atoms with Gasteiger partial charge in [0.15, 0.2) is 5.69 Å². The van der Waals surface area contributed by atoms with Gasteiger partial charge in [-0.05, 0) is 56.5 Å². The number of aryl methyl sites for hydroxylation is 4. The maximum atomic E-state index is 12.6. The van der Waals surface area contributed by atoms with E-state index in [2.05, 4.69) is 10.5 Å². The number of hydrogen-bond acceptors (Lipinski definition) is 4. The van der Waals surface area contributed by atoms with Crippen LogP contribution in [0.5, 0.6) is 5.75 Å². The van der Waals surface area contributed by atoms with Crippen molar-refractivity contribution in [1.29, 1.82) is 0 Å². The van der Waals surface area contributed by atoms with Crippen molar-refractivity contribution in [1.82, 2.24) is 5.16 Å². The number of nitrogens with zero attached hydrogens (tertiary/aromatic N) is 1. The van der Waals surface area contributed by atoms with Gasteiger partial charge in [-0.1, -0.05) is 35.5 Å². The number of hydrogen-bond donors (Lipinski definition) is 1. The van der Waals surface area contributed by atoms with Gasteiger partial charge >= 0.3 is 0 Å². The third-order valence-electron chi connectivity index (χ3n) is 4.25. The fourth-order valence-electron chi connectivity index (χ4n) is 2.82. The molecule has 0 aliphatic heterocycles. The predicted molar refractivity (Wildman–Crippen MR) is 101 cm³/mol. The standard InChI is InChI=1S/C21H22N2O3/c1-13-7-5-10-17(11-13)22-21(24)19-18(16(4)26-23-19)12-25-20-14(2)8-6-9-15(20)3/h5-11H,12H2,1-4H3,(H,22,24). The number of para-hydroxylation sites is 1. The molecule has 1 heterocycles. The highest BCUT2D eigenvalue weighted by molar-refractivity contribution is 6.03. The van der Waals surface area contributed by atoms with Gasteiger partial charge in [0.1, 0.15) is 18.1 Å². The molecule has 3 aromatic rings. The Hall–Kier alpha value is -3.08. The minimum atomic E-state index is -0.312. The molecule has 0 radical (unpaired) electrons. The van der Waals surface area contributed by atoms with Gasteiger partial charge in [-0.2, -0.15) is 0 Å². The summed E-state index contributed by atoms with van der Waals surface area (Å²) in [6, 6.07) is 13.6. The molecule has 134 valence electrons. The zero-order chi connectivity index (χ0) is 18.7. The monoisotopic (exact) mass is 350 g/mol. The van der Waals surface area contributed by atoms with E-state index >= 15 is 0 Å². The highest BCUT2D eigenvalue weighted by Gasteiger charge is 2.21. The van der Waals surface area contributed by atoms with E-state index in [1.54, 1.807) is 6.92 Å². The lowest BCUT2D eigenvalue weighted by Gasteiger charge is -2.12. The summed E-state index contributed by atoms with van der Waals surface area (Å²) in [6.45, 7) is 7.96. The van der Waals surface area contributed by atoms with Crippen LogP contribution in [0.2, 0.25) is 0 Å². The number of nitrogens with one attached hydrogen (secondary N) is 1. The van der Waals surface area contributed by atoms with Crippen LogP contribution in [0.1, 0.15) is 38.5 Å². The van der Waals surface area contributed by atoms with Gasteiger partial charge in [0.2, 0.25) is 0 Å². The average molecular weight is 350 g/mol. The molecule has 0 atom stereocenters. The maximum Gasteiger partial charge on any atom is 0.278 e. The SMILES string of the molecule is Cc1cccc(NC(=O)c2noc(C)c2COc2c(C)cccc2C)c1. The third kappa shape index (κ3) is 3.77. The Bertz CT molecular complexity index is 924. The van der Waals surface area contributed by atoms with Crippen LogP contribution in [-0.2, 0) is 6.61 Å². The molecule has 2 aromatic carbocycles. The number of carbonyl (C=O) groups excluding carboxylic acids is 1. The smallest absolute Gasteiger partial charge is 0.278 e. The number of ether oxygens (including phenoxy) is 1. The van der Waals surface area contributed by atoms with Crippen molar-refractivity contribution in [2.24, 2.45) is 0 Å². The molecule has 1 N–H and O–H groups in total. The van der Waals surface area contributed by atoms with Gasteiger partial charge in [-0.15, -0.1) is 0 Å². The number of aromatic nitrogens is 1. The summed E-state index contributed by atoms with van der Waals surface area (Å²) in [5, 5.41) is 6.78. The Morgan fingerprint density at radius 3 is 2.46 bits per heavy atom. The molecule has 0 fully saturated rings. The molecule has 0 aliphatic rings. The van der Waals surface area contributed by atoms with Crippen LogP contribution in [0.4, 0.5) is 5.69 Å². The summed E-state index contributed by atoms with van der Waals surface area (Å²) >= 11 is 0. The van der Waals surface area contributed by atoms with Crippen molar-refractivity contribution in [3.05, 3.63) is 76.2 Å². The minimum absolute atomic E-state index is 0.220. The van der Waals surface area contributed by atoms with E-state index in [-0.39, 0.29) is 18.2 Å².